The third-order valence-corrected chi connectivity index (χ3v) is 6.58. The summed E-state index contributed by atoms with van der Waals surface area (Å²) in [4.78, 5) is 33.8. The first-order chi connectivity index (χ1) is 14.7. The number of fused-ring (bicyclic) bond motifs is 3. The predicted octanol–water partition coefficient (Wildman–Crippen LogP) is 3.87. The van der Waals surface area contributed by atoms with Crippen LogP contribution in [0.25, 0.3) is 10.9 Å². The summed E-state index contributed by atoms with van der Waals surface area (Å²) in [6.07, 6.45) is 2.53. The van der Waals surface area contributed by atoms with Gasteiger partial charge in [0, 0.05) is 36.1 Å². The second-order valence-corrected chi connectivity index (χ2v) is 8.33. The van der Waals surface area contributed by atoms with E-state index in [0.717, 1.165) is 53.7 Å². The van der Waals surface area contributed by atoms with Crippen LogP contribution in [-0.4, -0.2) is 51.6 Å². The monoisotopic (exact) mass is 421 g/mol. The maximum absolute atomic E-state index is 13.6. The number of halogens is 1. The van der Waals surface area contributed by atoms with E-state index < -0.39 is 6.04 Å². The fraction of sp³-hybridized carbons (Fsp3) is 0.333. The molecule has 2 atom stereocenters. The second-order valence-electron chi connectivity index (χ2n) is 8.06. The van der Waals surface area contributed by atoms with Crippen molar-refractivity contribution in [1.29, 1.82) is 0 Å². The van der Waals surface area contributed by atoms with Gasteiger partial charge in [0.15, 0.2) is 0 Å². The molecule has 0 aliphatic carbocycles. The van der Waals surface area contributed by atoms with Gasteiger partial charge >= 0.3 is 0 Å². The van der Waals surface area contributed by atoms with Gasteiger partial charge in [0.05, 0.1) is 6.04 Å². The van der Waals surface area contributed by atoms with Crippen molar-refractivity contribution in [3.63, 3.8) is 0 Å². The van der Waals surface area contributed by atoms with Crippen molar-refractivity contribution in [3.8, 4) is 0 Å². The summed E-state index contributed by atoms with van der Waals surface area (Å²) in [6.45, 7) is 1.52. The standard InChI is InChI=1S/C24H24ClN3O2/c25-15-21(29)28-20(24(30)27-12-6-7-13-27)14-18-17-10-4-5-11-19(17)26-22(18)23(28)16-8-2-1-3-9-16/h1-5,8-11,20,23,26H,6-7,12-15H2/t20-,23+/m1/s1. The Morgan fingerprint density at radius 2 is 1.70 bits per heavy atom. The van der Waals surface area contributed by atoms with Gasteiger partial charge in [-0.1, -0.05) is 48.5 Å². The van der Waals surface area contributed by atoms with Crippen molar-refractivity contribution in [2.75, 3.05) is 19.0 Å². The maximum Gasteiger partial charge on any atom is 0.245 e. The van der Waals surface area contributed by atoms with Gasteiger partial charge < -0.3 is 14.8 Å². The molecule has 0 radical (unpaired) electrons. The number of H-pyrrole nitrogens is 1. The summed E-state index contributed by atoms with van der Waals surface area (Å²) in [5.41, 5.74) is 4.10. The molecule has 0 spiro atoms. The van der Waals surface area contributed by atoms with Crippen molar-refractivity contribution in [2.45, 2.75) is 31.3 Å². The molecule has 1 saturated heterocycles. The molecular formula is C24H24ClN3O2. The van der Waals surface area contributed by atoms with Crippen molar-refractivity contribution in [1.82, 2.24) is 14.8 Å². The first kappa shape index (κ1) is 19.2. The number of carbonyl (C=O) groups is 2. The van der Waals surface area contributed by atoms with Crippen LogP contribution in [0.4, 0.5) is 0 Å². The number of likely N-dealkylation sites (tertiary alicyclic amines) is 1. The van der Waals surface area contributed by atoms with E-state index in [-0.39, 0.29) is 23.7 Å². The van der Waals surface area contributed by atoms with E-state index in [4.69, 9.17) is 11.6 Å². The Balaban J connectivity index is 1.70. The SMILES string of the molecule is O=C([C@H]1Cc2c([nH]c3ccccc23)[C@H](c2ccccc2)N1C(=O)CCl)N1CCCC1. The Hall–Kier alpha value is -2.79. The molecule has 0 unspecified atom stereocenters. The van der Waals surface area contributed by atoms with Gasteiger partial charge in [0.2, 0.25) is 11.8 Å². The molecule has 0 saturated carbocycles. The number of para-hydroxylation sites is 1. The molecule has 2 aliphatic heterocycles. The van der Waals surface area contributed by atoms with E-state index in [1.165, 1.54) is 0 Å². The lowest BCUT2D eigenvalue weighted by molar-refractivity contribution is -0.146. The fourth-order valence-corrected chi connectivity index (χ4v) is 5.13. The van der Waals surface area contributed by atoms with Gasteiger partial charge in [-0.3, -0.25) is 9.59 Å². The van der Waals surface area contributed by atoms with Crippen LogP contribution in [0.1, 0.15) is 35.7 Å². The van der Waals surface area contributed by atoms with E-state index in [1.807, 2.05) is 53.4 Å². The number of hydrogen-bond acceptors (Lipinski definition) is 2. The Labute approximate surface area is 180 Å². The molecule has 5 rings (SSSR count). The molecule has 3 heterocycles. The lowest BCUT2D eigenvalue weighted by atomic mass is 9.87. The highest BCUT2D eigenvalue weighted by molar-refractivity contribution is 6.27. The number of nitrogens with one attached hydrogen (secondary N) is 1. The molecule has 30 heavy (non-hydrogen) atoms. The van der Waals surface area contributed by atoms with E-state index in [1.54, 1.807) is 4.90 Å². The van der Waals surface area contributed by atoms with E-state index >= 15 is 0 Å². The molecule has 2 aliphatic rings. The van der Waals surface area contributed by atoms with Crippen LogP contribution >= 0.6 is 11.6 Å². The molecular weight excluding hydrogens is 398 g/mol. The van der Waals surface area contributed by atoms with Gasteiger partial charge in [0.1, 0.15) is 11.9 Å². The van der Waals surface area contributed by atoms with Crippen LogP contribution < -0.4 is 0 Å². The van der Waals surface area contributed by atoms with Gasteiger partial charge in [-0.2, -0.15) is 0 Å². The summed E-state index contributed by atoms with van der Waals surface area (Å²) in [5, 5.41) is 1.12. The van der Waals surface area contributed by atoms with Crippen LogP contribution in [0.5, 0.6) is 0 Å². The molecule has 154 valence electrons. The average Bonchev–Trinajstić information content (AvgIpc) is 3.45. The van der Waals surface area contributed by atoms with Crippen LogP contribution in [0.2, 0.25) is 0 Å². The summed E-state index contributed by atoms with van der Waals surface area (Å²) >= 11 is 6.05. The van der Waals surface area contributed by atoms with Crippen molar-refractivity contribution < 1.29 is 9.59 Å². The minimum Gasteiger partial charge on any atom is -0.356 e. The second kappa shape index (κ2) is 7.80. The molecule has 1 N–H and O–H groups in total. The summed E-state index contributed by atoms with van der Waals surface area (Å²) in [7, 11) is 0. The van der Waals surface area contributed by atoms with E-state index in [0.29, 0.717) is 6.42 Å². The number of carbonyl (C=O) groups excluding carboxylic acids is 2. The average molecular weight is 422 g/mol. The number of alkyl halides is 1. The summed E-state index contributed by atoms with van der Waals surface area (Å²) in [6, 6.07) is 17.1. The van der Waals surface area contributed by atoms with Crippen LogP contribution in [0.15, 0.2) is 54.6 Å². The van der Waals surface area contributed by atoms with Crippen LogP contribution in [0, 0.1) is 0 Å². The topological polar surface area (TPSA) is 56.4 Å². The smallest absolute Gasteiger partial charge is 0.245 e. The Bertz CT molecular complexity index is 1090. The van der Waals surface area contributed by atoms with Crippen LogP contribution in [0.3, 0.4) is 0 Å². The number of aromatic amines is 1. The normalized spacial score (nSPS) is 21.1. The highest BCUT2D eigenvalue weighted by atomic mass is 35.5. The molecule has 1 fully saturated rings. The highest BCUT2D eigenvalue weighted by Crippen LogP contribution is 2.41. The molecule has 0 bridgehead atoms. The minimum atomic E-state index is -0.550. The first-order valence-electron chi connectivity index (χ1n) is 10.5. The summed E-state index contributed by atoms with van der Waals surface area (Å²) in [5.74, 6) is -0.335. The Morgan fingerprint density at radius 1 is 1.00 bits per heavy atom. The zero-order chi connectivity index (χ0) is 20.7. The Morgan fingerprint density at radius 3 is 2.43 bits per heavy atom. The van der Waals surface area contributed by atoms with Gasteiger partial charge in [-0.25, -0.2) is 0 Å². The number of rotatable bonds is 3. The molecule has 6 heteroatoms. The fourth-order valence-electron chi connectivity index (χ4n) is 4.99. The quantitative estimate of drug-likeness (QED) is 0.652. The number of benzene rings is 2. The van der Waals surface area contributed by atoms with Gasteiger partial charge in [-0.05, 0) is 30.0 Å². The lowest BCUT2D eigenvalue weighted by Gasteiger charge is -2.42. The maximum atomic E-state index is 13.6. The number of nitrogens with zero attached hydrogens (tertiary/aromatic N) is 2. The number of amides is 2. The predicted molar refractivity (Wildman–Crippen MR) is 117 cm³/mol. The first-order valence-corrected chi connectivity index (χ1v) is 11.0. The van der Waals surface area contributed by atoms with Crippen molar-refractivity contribution >= 4 is 34.3 Å². The van der Waals surface area contributed by atoms with Crippen LogP contribution in [-0.2, 0) is 16.0 Å². The molecule has 3 aromatic rings. The van der Waals surface area contributed by atoms with Crippen molar-refractivity contribution in [3.05, 3.63) is 71.4 Å². The van der Waals surface area contributed by atoms with Crippen molar-refractivity contribution in [2.24, 2.45) is 0 Å². The number of aromatic nitrogens is 1. The minimum absolute atomic E-state index is 0.0304. The zero-order valence-electron chi connectivity index (χ0n) is 16.7. The zero-order valence-corrected chi connectivity index (χ0v) is 17.4. The van der Waals surface area contributed by atoms with E-state index in [2.05, 4.69) is 11.1 Å². The Kier molecular flexibility index (Phi) is 4.99. The molecule has 1 aromatic heterocycles. The van der Waals surface area contributed by atoms with Gasteiger partial charge in [0.25, 0.3) is 0 Å². The highest BCUT2D eigenvalue weighted by Gasteiger charge is 2.44. The number of hydrogen-bond donors (Lipinski definition) is 1. The molecule has 2 amide bonds. The third-order valence-electron chi connectivity index (χ3n) is 6.35. The molecule has 2 aromatic carbocycles. The largest absolute Gasteiger partial charge is 0.356 e. The van der Waals surface area contributed by atoms with E-state index in [9.17, 15) is 9.59 Å². The third kappa shape index (κ3) is 3.08. The van der Waals surface area contributed by atoms with Gasteiger partial charge in [-0.15, -0.1) is 11.6 Å². The summed E-state index contributed by atoms with van der Waals surface area (Å²) < 4.78 is 0. The molecule has 5 nitrogen and oxygen atoms in total. The lowest BCUT2D eigenvalue weighted by Crippen LogP contribution is -2.55.